The van der Waals surface area contributed by atoms with Crippen molar-refractivity contribution >= 4 is 5.97 Å². The van der Waals surface area contributed by atoms with Crippen molar-refractivity contribution in [3.05, 3.63) is 12.2 Å². The number of hydrogen-bond acceptors (Lipinski definition) is 2. The molecular formula is C10H18O2. The summed E-state index contributed by atoms with van der Waals surface area (Å²) in [6, 6.07) is 0. The summed E-state index contributed by atoms with van der Waals surface area (Å²) in [5.41, 5.74) is 0.968. The fraction of sp³-hybridized carbons (Fsp3) is 0.700. The van der Waals surface area contributed by atoms with Gasteiger partial charge in [-0.2, -0.15) is 0 Å². The van der Waals surface area contributed by atoms with Crippen LogP contribution < -0.4 is 0 Å². The Hall–Kier alpha value is -0.790. The van der Waals surface area contributed by atoms with Crippen LogP contribution in [-0.4, -0.2) is 12.6 Å². The van der Waals surface area contributed by atoms with Crippen LogP contribution >= 0.6 is 0 Å². The molecular weight excluding hydrogens is 152 g/mol. The smallest absolute Gasteiger partial charge is 0.313 e. The van der Waals surface area contributed by atoms with Crippen molar-refractivity contribution in [2.45, 2.75) is 33.6 Å². The highest BCUT2D eigenvalue weighted by Gasteiger charge is 2.19. The second-order valence-corrected chi connectivity index (χ2v) is 2.72. The van der Waals surface area contributed by atoms with Crippen molar-refractivity contribution in [1.82, 2.24) is 0 Å². The SMILES string of the molecule is C=C(CC)C(CC)C(=O)OCC. The van der Waals surface area contributed by atoms with Gasteiger partial charge in [0.15, 0.2) is 0 Å². The molecule has 0 fully saturated rings. The minimum atomic E-state index is -0.133. The van der Waals surface area contributed by atoms with E-state index in [4.69, 9.17) is 4.74 Å². The highest BCUT2D eigenvalue weighted by molar-refractivity contribution is 5.75. The highest BCUT2D eigenvalue weighted by atomic mass is 16.5. The van der Waals surface area contributed by atoms with Gasteiger partial charge < -0.3 is 4.74 Å². The maximum Gasteiger partial charge on any atom is 0.313 e. The number of ether oxygens (including phenoxy) is 1. The zero-order chi connectivity index (χ0) is 9.56. The summed E-state index contributed by atoms with van der Waals surface area (Å²) < 4.78 is 4.92. The normalized spacial score (nSPS) is 12.2. The van der Waals surface area contributed by atoms with Gasteiger partial charge in [-0.3, -0.25) is 4.79 Å². The maximum absolute atomic E-state index is 11.3. The number of carbonyl (C=O) groups is 1. The third-order valence-electron chi connectivity index (χ3n) is 1.93. The highest BCUT2D eigenvalue weighted by Crippen LogP contribution is 2.17. The molecule has 0 bridgehead atoms. The fourth-order valence-electron chi connectivity index (χ4n) is 1.11. The van der Waals surface area contributed by atoms with Crippen LogP contribution in [0.1, 0.15) is 33.6 Å². The molecule has 1 atom stereocenters. The lowest BCUT2D eigenvalue weighted by Gasteiger charge is -2.14. The lowest BCUT2D eigenvalue weighted by Crippen LogP contribution is -2.18. The van der Waals surface area contributed by atoms with Crippen LogP contribution in [0.3, 0.4) is 0 Å². The summed E-state index contributed by atoms with van der Waals surface area (Å²) in [7, 11) is 0. The zero-order valence-corrected chi connectivity index (χ0v) is 8.22. The predicted molar refractivity (Wildman–Crippen MR) is 49.8 cm³/mol. The lowest BCUT2D eigenvalue weighted by molar-refractivity contribution is -0.146. The van der Waals surface area contributed by atoms with Crippen molar-refractivity contribution in [3.8, 4) is 0 Å². The first kappa shape index (κ1) is 11.2. The standard InChI is InChI=1S/C10H18O2/c1-5-8(4)9(6-2)10(11)12-7-3/h9H,4-7H2,1-3H3. The third-order valence-corrected chi connectivity index (χ3v) is 1.93. The second kappa shape index (κ2) is 5.81. The van der Waals surface area contributed by atoms with Gasteiger partial charge in [0.05, 0.1) is 12.5 Å². The Bertz CT molecular complexity index is 161. The molecule has 0 heterocycles. The average Bonchev–Trinajstić information content (AvgIpc) is 2.06. The minimum absolute atomic E-state index is 0.102. The zero-order valence-electron chi connectivity index (χ0n) is 8.22. The van der Waals surface area contributed by atoms with E-state index in [0.717, 1.165) is 18.4 Å². The van der Waals surface area contributed by atoms with E-state index in [1.807, 2.05) is 20.8 Å². The molecule has 2 nitrogen and oxygen atoms in total. The van der Waals surface area contributed by atoms with E-state index in [1.165, 1.54) is 0 Å². The van der Waals surface area contributed by atoms with Crippen LogP contribution in [0.5, 0.6) is 0 Å². The monoisotopic (exact) mass is 170 g/mol. The molecule has 0 N–H and O–H groups in total. The van der Waals surface area contributed by atoms with Crippen LogP contribution in [-0.2, 0) is 9.53 Å². The van der Waals surface area contributed by atoms with E-state index in [0.29, 0.717) is 6.61 Å². The van der Waals surface area contributed by atoms with E-state index < -0.39 is 0 Å². The van der Waals surface area contributed by atoms with E-state index in [-0.39, 0.29) is 11.9 Å². The van der Waals surface area contributed by atoms with Gasteiger partial charge in [0.2, 0.25) is 0 Å². The molecule has 70 valence electrons. The summed E-state index contributed by atoms with van der Waals surface area (Å²) in [5.74, 6) is -0.234. The molecule has 0 aliphatic carbocycles. The first-order valence-electron chi connectivity index (χ1n) is 4.51. The number of hydrogen-bond donors (Lipinski definition) is 0. The first-order valence-corrected chi connectivity index (χ1v) is 4.51. The number of rotatable bonds is 5. The number of carbonyl (C=O) groups excluding carboxylic acids is 1. The van der Waals surface area contributed by atoms with Gasteiger partial charge in [-0.1, -0.05) is 26.0 Å². The largest absolute Gasteiger partial charge is 0.466 e. The molecule has 0 saturated heterocycles. The third kappa shape index (κ3) is 3.07. The molecule has 2 heteroatoms. The van der Waals surface area contributed by atoms with Gasteiger partial charge in [0, 0.05) is 0 Å². The van der Waals surface area contributed by atoms with Crippen molar-refractivity contribution in [2.75, 3.05) is 6.61 Å². The molecule has 1 unspecified atom stereocenters. The van der Waals surface area contributed by atoms with Crippen LogP contribution in [0, 0.1) is 5.92 Å². The molecule has 0 aliphatic rings. The molecule has 0 amide bonds. The Kier molecular flexibility index (Phi) is 5.43. The number of esters is 1. The lowest BCUT2D eigenvalue weighted by atomic mass is 9.96. The molecule has 0 rings (SSSR count). The van der Waals surface area contributed by atoms with Gasteiger partial charge in [-0.05, 0) is 19.8 Å². The van der Waals surface area contributed by atoms with Gasteiger partial charge in [0.25, 0.3) is 0 Å². The Morgan fingerprint density at radius 1 is 1.42 bits per heavy atom. The Balaban J connectivity index is 4.14. The van der Waals surface area contributed by atoms with Crippen LogP contribution in [0.15, 0.2) is 12.2 Å². The van der Waals surface area contributed by atoms with Crippen LogP contribution in [0.2, 0.25) is 0 Å². The van der Waals surface area contributed by atoms with Crippen LogP contribution in [0.4, 0.5) is 0 Å². The molecule has 0 aliphatic heterocycles. The summed E-state index contributed by atoms with van der Waals surface area (Å²) in [4.78, 5) is 11.3. The van der Waals surface area contributed by atoms with Crippen molar-refractivity contribution in [1.29, 1.82) is 0 Å². The molecule has 0 aromatic rings. The summed E-state index contributed by atoms with van der Waals surface area (Å²) in [6.07, 6.45) is 1.63. The van der Waals surface area contributed by atoms with Crippen molar-refractivity contribution in [3.63, 3.8) is 0 Å². The van der Waals surface area contributed by atoms with Crippen molar-refractivity contribution < 1.29 is 9.53 Å². The molecule has 12 heavy (non-hydrogen) atoms. The van der Waals surface area contributed by atoms with Crippen LogP contribution in [0.25, 0.3) is 0 Å². The van der Waals surface area contributed by atoms with Gasteiger partial charge >= 0.3 is 5.97 Å². The van der Waals surface area contributed by atoms with Gasteiger partial charge in [-0.25, -0.2) is 0 Å². The molecule has 0 spiro atoms. The topological polar surface area (TPSA) is 26.3 Å². The van der Waals surface area contributed by atoms with Crippen molar-refractivity contribution in [2.24, 2.45) is 5.92 Å². The molecule has 0 aromatic heterocycles. The first-order chi connectivity index (χ1) is 5.67. The van der Waals surface area contributed by atoms with E-state index >= 15 is 0 Å². The van der Waals surface area contributed by atoms with Gasteiger partial charge in [-0.15, -0.1) is 0 Å². The summed E-state index contributed by atoms with van der Waals surface area (Å²) >= 11 is 0. The Labute approximate surface area is 74.6 Å². The molecule has 0 saturated carbocycles. The van der Waals surface area contributed by atoms with E-state index in [1.54, 1.807) is 0 Å². The second-order valence-electron chi connectivity index (χ2n) is 2.72. The average molecular weight is 170 g/mol. The quantitative estimate of drug-likeness (QED) is 0.468. The molecule has 0 aromatic carbocycles. The Morgan fingerprint density at radius 2 is 2.00 bits per heavy atom. The molecule has 0 radical (unpaired) electrons. The van der Waals surface area contributed by atoms with E-state index in [9.17, 15) is 4.79 Å². The summed E-state index contributed by atoms with van der Waals surface area (Å²) in [5, 5.41) is 0. The van der Waals surface area contributed by atoms with Gasteiger partial charge in [0.1, 0.15) is 0 Å². The minimum Gasteiger partial charge on any atom is -0.466 e. The fourth-order valence-corrected chi connectivity index (χ4v) is 1.11. The van der Waals surface area contributed by atoms with E-state index in [2.05, 4.69) is 6.58 Å². The predicted octanol–water partition coefficient (Wildman–Crippen LogP) is 2.54. The Morgan fingerprint density at radius 3 is 2.33 bits per heavy atom. The summed E-state index contributed by atoms with van der Waals surface area (Å²) in [6.45, 7) is 10.1. The maximum atomic E-state index is 11.3.